The summed E-state index contributed by atoms with van der Waals surface area (Å²) in [5, 5.41) is 0. The molecule has 0 unspecified atom stereocenters. The molecule has 0 saturated heterocycles. The van der Waals surface area contributed by atoms with Gasteiger partial charge in [-0.3, -0.25) is 0 Å². The third-order valence-electron chi connectivity index (χ3n) is 5.75. The number of esters is 2. The van der Waals surface area contributed by atoms with Crippen molar-refractivity contribution in [3.8, 4) is 0 Å². The van der Waals surface area contributed by atoms with Crippen molar-refractivity contribution in [2.45, 2.75) is 103 Å². The van der Waals surface area contributed by atoms with Crippen molar-refractivity contribution < 1.29 is 19.1 Å². The van der Waals surface area contributed by atoms with Crippen LogP contribution in [0.1, 0.15) is 69.9 Å². The molecule has 0 radical (unpaired) electrons. The Bertz CT molecular complexity index is 664. The van der Waals surface area contributed by atoms with Gasteiger partial charge < -0.3 is 15.2 Å². The van der Waals surface area contributed by atoms with E-state index in [1.807, 2.05) is 0 Å². The molecule has 0 aliphatic carbocycles. The minimum Gasteiger partial charge on any atom is -0.464 e. The molecule has 1 aromatic carbocycles. The van der Waals surface area contributed by atoms with Gasteiger partial charge in [-0.05, 0) is 50.7 Å². The first kappa shape index (κ1) is 28.4. The van der Waals surface area contributed by atoms with Crippen LogP contribution < -0.4 is 5.73 Å². The number of ether oxygens (including phenoxy) is 2. The summed E-state index contributed by atoms with van der Waals surface area (Å²) in [6.45, 7) is 11.1. The molecule has 32 heavy (non-hydrogen) atoms. The molecule has 5 nitrogen and oxygen atoms in total. The van der Waals surface area contributed by atoms with Gasteiger partial charge in [-0.2, -0.15) is 0 Å². The van der Waals surface area contributed by atoms with E-state index in [1.54, 1.807) is 13.8 Å². The monoisotopic (exact) mass is 463 g/mol. The molecule has 0 aromatic heterocycles. The molecular weight excluding hydrogens is 418 g/mol. The molecule has 2 N–H and O–H groups in total. The average molecular weight is 464 g/mol. The summed E-state index contributed by atoms with van der Waals surface area (Å²) in [5.41, 5.74) is 6.73. The number of carbonyl (C=O) groups excluding carboxylic acids is 2. The van der Waals surface area contributed by atoms with Crippen LogP contribution in [0.5, 0.6) is 0 Å². The molecular formula is C26H45NO4Si. The minimum atomic E-state index is -1.76. The SMILES string of the molecule is CCOC(=O)C(N)(CCc1ccc(CCCCCCCC[Si](C)(C)C)cc1)C(=O)OCC. The fraction of sp³-hybridized carbons (Fsp3) is 0.692. The van der Waals surface area contributed by atoms with E-state index in [4.69, 9.17) is 15.2 Å². The summed E-state index contributed by atoms with van der Waals surface area (Å²) in [4.78, 5) is 24.6. The summed E-state index contributed by atoms with van der Waals surface area (Å²) in [6.07, 6.45) is 9.69. The Hall–Kier alpha value is -1.66. The zero-order valence-electron chi connectivity index (χ0n) is 21.0. The molecule has 0 spiro atoms. The van der Waals surface area contributed by atoms with Crippen LogP contribution in [-0.4, -0.2) is 38.8 Å². The van der Waals surface area contributed by atoms with E-state index >= 15 is 0 Å². The van der Waals surface area contributed by atoms with Gasteiger partial charge >= 0.3 is 11.9 Å². The molecule has 0 saturated carbocycles. The second-order valence-electron chi connectivity index (χ2n) is 9.91. The molecule has 0 atom stereocenters. The van der Waals surface area contributed by atoms with Crippen molar-refractivity contribution in [2.24, 2.45) is 5.73 Å². The van der Waals surface area contributed by atoms with Crippen molar-refractivity contribution >= 4 is 20.0 Å². The van der Waals surface area contributed by atoms with Crippen molar-refractivity contribution in [2.75, 3.05) is 13.2 Å². The van der Waals surface area contributed by atoms with Crippen LogP contribution >= 0.6 is 0 Å². The lowest BCUT2D eigenvalue weighted by Gasteiger charge is -2.24. The highest BCUT2D eigenvalue weighted by molar-refractivity contribution is 6.76. The first-order chi connectivity index (χ1) is 15.1. The Kier molecular flexibility index (Phi) is 12.8. The number of hydrogen-bond donors (Lipinski definition) is 1. The van der Waals surface area contributed by atoms with E-state index in [1.165, 1.54) is 50.1 Å². The van der Waals surface area contributed by atoms with Crippen LogP contribution in [0, 0.1) is 0 Å². The van der Waals surface area contributed by atoms with Crippen molar-refractivity contribution in [1.29, 1.82) is 0 Å². The minimum absolute atomic E-state index is 0.154. The van der Waals surface area contributed by atoms with E-state index < -0.39 is 25.6 Å². The Balaban J connectivity index is 2.41. The highest BCUT2D eigenvalue weighted by atomic mass is 28.3. The fourth-order valence-corrected chi connectivity index (χ4v) is 5.02. The van der Waals surface area contributed by atoms with E-state index in [0.29, 0.717) is 6.42 Å². The predicted molar refractivity (Wildman–Crippen MR) is 135 cm³/mol. The summed E-state index contributed by atoms with van der Waals surface area (Å²) in [6, 6.07) is 9.83. The molecule has 1 aromatic rings. The Morgan fingerprint density at radius 2 is 1.22 bits per heavy atom. The van der Waals surface area contributed by atoms with Crippen molar-refractivity contribution in [1.82, 2.24) is 0 Å². The molecule has 6 heteroatoms. The lowest BCUT2D eigenvalue weighted by Crippen LogP contribution is -2.57. The van der Waals surface area contributed by atoms with Gasteiger partial charge in [0.1, 0.15) is 0 Å². The maximum atomic E-state index is 12.3. The van der Waals surface area contributed by atoms with Crippen molar-refractivity contribution in [3.05, 3.63) is 35.4 Å². The molecule has 1 rings (SSSR count). The van der Waals surface area contributed by atoms with Gasteiger partial charge in [0, 0.05) is 8.07 Å². The van der Waals surface area contributed by atoms with Crippen LogP contribution in [0.2, 0.25) is 25.7 Å². The average Bonchev–Trinajstić information content (AvgIpc) is 2.74. The smallest absolute Gasteiger partial charge is 0.337 e. The van der Waals surface area contributed by atoms with Gasteiger partial charge in [-0.15, -0.1) is 0 Å². The number of nitrogens with two attached hydrogens (primary N) is 1. The Morgan fingerprint density at radius 1 is 0.781 bits per heavy atom. The Morgan fingerprint density at radius 3 is 1.69 bits per heavy atom. The molecule has 0 bridgehead atoms. The number of benzene rings is 1. The maximum absolute atomic E-state index is 12.3. The second kappa shape index (κ2) is 14.5. The summed E-state index contributed by atoms with van der Waals surface area (Å²) in [5.74, 6) is -1.45. The number of unbranched alkanes of at least 4 members (excludes halogenated alkanes) is 5. The largest absolute Gasteiger partial charge is 0.464 e. The van der Waals surface area contributed by atoms with Crippen LogP contribution in [0.15, 0.2) is 24.3 Å². The van der Waals surface area contributed by atoms with Crippen molar-refractivity contribution in [3.63, 3.8) is 0 Å². The summed E-state index contributed by atoms with van der Waals surface area (Å²) in [7, 11) is -0.870. The zero-order chi connectivity index (χ0) is 24.0. The lowest BCUT2D eigenvalue weighted by atomic mass is 9.91. The third kappa shape index (κ3) is 10.8. The molecule has 0 heterocycles. The summed E-state index contributed by atoms with van der Waals surface area (Å²) >= 11 is 0. The van der Waals surface area contributed by atoms with E-state index in [2.05, 4.69) is 43.9 Å². The van der Waals surface area contributed by atoms with Crippen LogP contribution in [-0.2, 0) is 31.9 Å². The quantitative estimate of drug-likeness (QED) is 0.148. The van der Waals surface area contributed by atoms with Gasteiger partial charge in [0.2, 0.25) is 5.54 Å². The molecule has 182 valence electrons. The highest BCUT2D eigenvalue weighted by Gasteiger charge is 2.44. The van der Waals surface area contributed by atoms with Crippen LogP contribution in [0.3, 0.4) is 0 Å². The number of carbonyl (C=O) groups is 2. The number of hydrogen-bond acceptors (Lipinski definition) is 5. The Labute approximate surface area is 196 Å². The van der Waals surface area contributed by atoms with Gasteiger partial charge in [-0.25, -0.2) is 9.59 Å². The van der Waals surface area contributed by atoms with Crippen LogP contribution in [0.25, 0.3) is 0 Å². The van der Waals surface area contributed by atoms with E-state index in [9.17, 15) is 9.59 Å². The number of aryl methyl sites for hydroxylation is 2. The van der Waals surface area contributed by atoms with Crippen LogP contribution in [0.4, 0.5) is 0 Å². The second-order valence-corrected chi connectivity index (χ2v) is 15.5. The molecule has 0 fully saturated rings. The molecule has 0 amide bonds. The first-order valence-electron chi connectivity index (χ1n) is 12.3. The molecule has 0 aliphatic heterocycles. The van der Waals surface area contributed by atoms with E-state index in [0.717, 1.165) is 12.0 Å². The predicted octanol–water partition coefficient (Wildman–Crippen LogP) is 5.66. The molecule has 0 aliphatic rings. The first-order valence-corrected chi connectivity index (χ1v) is 16.0. The maximum Gasteiger partial charge on any atom is 0.337 e. The standard InChI is InChI=1S/C26H45NO4Si/c1-6-30-24(28)26(27,25(29)31-7-2)20-19-23-17-15-22(16-18-23)14-12-10-8-9-11-13-21-32(3,4)5/h15-18H,6-14,19-21,27H2,1-5H3. The van der Waals surface area contributed by atoms with Gasteiger partial charge in [0.15, 0.2) is 0 Å². The van der Waals surface area contributed by atoms with Gasteiger partial charge in [0.05, 0.1) is 13.2 Å². The normalized spacial score (nSPS) is 11.9. The zero-order valence-corrected chi connectivity index (χ0v) is 22.0. The lowest BCUT2D eigenvalue weighted by molar-refractivity contribution is -0.164. The van der Waals surface area contributed by atoms with E-state index in [-0.39, 0.29) is 19.6 Å². The third-order valence-corrected chi connectivity index (χ3v) is 7.61. The van der Waals surface area contributed by atoms with Gasteiger partial charge in [-0.1, -0.05) is 82.1 Å². The highest BCUT2D eigenvalue weighted by Crippen LogP contribution is 2.19. The summed E-state index contributed by atoms with van der Waals surface area (Å²) < 4.78 is 10.0. The topological polar surface area (TPSA) is 78.6 Å². The number of rotatable bonds is 16. The fourth-order valence-electron chi connectivity index (χ4n) is 3.71. The van der Waals surface area contributed by atoms with Gasteiger partial charge in [0.25, 0.3) is 0 Å².